The molecule has 0 aliphatic carbocycles. The highest BCUT2D eigenvalue weighted by atomic mass is 35.5. The maximum absolute atomic E-state index is 12.1. The van der Waals surface area contributed by atoms with Gasteiger partial charge >= 0.3 is 5.97 Å². The van der Waals surface area contributed by atoms with Gasteiger partial charge in [-0.2, -0.15) is 5.26 Å². The minimum Gasteiger partial charge on any atom is -0.440 e. The van der Waals surface area contributed by atoms with Crippen molar-refractivity contribution in [1.82, 2.24) is 0 Å². The number of fused-ring (bicyclic) bond motifs is 1. The number of allylic oxidation sites excluding steroid dienone is 1. The molecule has 6 heteroatoms. The number of carbonyl (C=O) groups excluding carboxylic acids is 2. The van der Waals surface area contributed by atoms with Crippen LogP contribution in [0.3, 0.4) is 0 Å². The average Bonchev–Trinajstić information content (AvgIpc) is 2.62. The zero-order chi connectivity index (χ0) is 14.0. The Bertz CT molecular complexity index is 633. The van der Waals surface area contributed by atoms with Crippen molar-refractivity contribution in [2.75, 3.05) is 5.32 Å². The van der Waals surface area contributed by atoms with Crippen molar-refractivity contribution in [2.24, 2.45) is 0 Å². The molecule has 2 rings (SSSR count). The van der Waals surface area contributed by atoms with Crippen LogP contribution < -0.4 is 5.32 Å². The van der Waals surface area contributed by atoms with Gasteiger partial charge in [0.25, 0.3) is 5.91 Å². The summed E-state index contributed by atoms with van der Waals surface area (Å²) in [5.74, 6) is -1.21. The number of benzene rings is 1. The first-order valence-electron chi connectivity index (χ1n) is 5.38. The van der Waals surface area contributed by atoms with Gasteiger partial charge < -0.3 is 10.1 Å². The number of para-hydroxylation sites is 1. The second-order valence-corrected chi connectivity index (χ2v) is 4.34. The fraction of sp³-hybridized carbons (Fsp3) is 0.154. The summed E-state index contributed by atoms with van der Waals surface area (Å²) < 4.78 is 5.15. The molecule has 1 aliphatic rings. The van der Waals surface area contributed by atoms with E-state index in [1.165, 1.54) is 6.92 Å². The van der Waals surface area contributed by atoms with Crippen LogP contribution in [0.4, 0.5) is 5.69 Å². The number of nitrogens with zero attached hydrogens (tertiary/aromatic N) is 1. The average molecular weight is 277 g/mol. The molecule has 1 heterocycles. The fourth-order valence-corrected chi connectivity index (χ4v) is 2.12. The first-order valence-corrected chi connectivity index (χ1v) is 5.76. The third-order valence-corrected chi connectivity index (χ3v) is 2.85. The summed E-state index contributed by atoms with van der Waals surface area (Å²) in [5, 5.41) is 11.1. The summed E-state index contributed by atoms with van der Waals surface area (Å²) in [4.78, 5) is 23.4. The van der Waals surface area contributed by atoms with Crippen LogP contribution in [-0.4, -0.2) is 11.9 Å². The third-order valence-electron chi connectivity index (χ3n) is 2.65. The lowest BCUT2D eigenvalue weighted by atomic mass is 9.94. The Balaban J connectivity index is 2.65. The molecule has 0 bridgehead atoms. The number of hydrogen-bond donors (Lipinski definition) is 1. The number of halogens is 1. The first-order chi connectivity index (χ1) is 8.99. The number of amides is 1. The quantitative estimate of drug-likeness (QED) is 0.662. The van der Waals surface area contributed by atoms with E-state index < -0.39 is 17.5 Å². The van der Waals surface area contributed by atoms with E-state index in [2.05, 4.69) is 5.32 Å². The molecule has 0 spiro atoms. The largest absolute Gasteiger partial charge is 0.440 e. The van der Waals surface area contributed by atoms with E-state index in [4.69, 9.17) is 21.6 Å². The highest BCUT2D eigenvalue weighted by molar-refractivity contribution is 6.32. The van der Waals surface area contributed by atoms with Crippen molar-refractivity contribution in [1.29, 1.82) is 5.26 Å². The molecular formula is C13H9ClN2O3. The summed E-state index contributed by atoms with van der Waals surface area (Å²) >= 11 is 5.68. The van der Waals surface area contributed by atoms with Gasteiger partial charge in [-0.05, 0) is 6.07 Å². The number of ether oxygens (including phenoxy) is 1. The number of hydrogen-bond acceptors (Lipinski definition) is 4. The normalized spacial score (nSPS) is 21.3. The van der Waals surface area contributed by atoms with Gasteiger partial charge in [0.2, 0.25) is 5.60 Å². The van der Waals surface area contributed by atoms with Gasteiger partial charge in [-0.1, -0.05) is 29.8 Å². The van der Waals surface area contributed by atoms with Crippen molar-refractivity contribution in [3.63, 3.8) is 0 Å². The molecule has 0 saturated heterocycles. The van der Waals surface area contributed by atoms with Gasteiger partial charge in [-0.15, -0.1) is 0 Å². The Morgan fingerprint density at radius 2 is 2.21 bits per heavy atom. The monoisotopic (exact) mass is 276 g/mol. The molecule has 5 nitrogen and oxygen atoms in total. The van der Waals surface area contributed by atoms with Crippen molar-refractivity contribution in [2.45, 2.75) is 12.5 Å². The Morgan fingerprint density at radius 1 is 1.53 bits per heavy atom. The Hall–Kier alpha value is -2.32. The van der Waals surface area contributed by atoms with E-state index >= 15 is 0 Å². The second kappa shape index (κ2) is 4.75. The van der Waals surface area contributed by atoms with Crippen LogP contribution in [0.15, 0.2) is 35.4 Å². The number of anilines is 1. The molecular weight excluding hydrogens is 268 g/mol. The third kappa shape index (κ3) is 2.18. The van der Waals surface area contributed by atoms with Gasteiger partial charge in [-0.3, -0.25) is 9.59 Å². The Labute approximate surface area is 114 Å². The molecule has 19 heavy (non-hydrogen) atoms. The van der Waals surface area contributed by atoms with Crippen LogP contribution in [0.1, 0.15) is 12.5 Å². The van der Waals surface area contributed by atoms with Gasteiger partial charge in [0, 0.05) is 24.3 Å². The molecule has 1 aromatic rings. The maximum atomic E-state index is 12.1. The molecule has 96 valence electrons. The van der Waals surface area contributed by atoms with Gasteiger partial charge in [0.1, 0.15) is 11.1 Å². The Kier molecular flexibility index (Phi) is 3.28. The van der Waals surface area contributed by atoms with Crippen LogP contribution in [0.5, 0.6) is 0 Å². The SMILES string of the molecule is CC(=O)OC1(/C=C(\Cl)C#N)C(=O)Nc2ccccc21. The Morgan fingerprint density at radius 3 is 2.84 bits per heavy atom. The number of carbonyl (C=O) groups is 2. The molecule has 1 aliphatic heterocycles. The number of nitrogens with one attached hydrogen (secondary N) is 1. The lowest BCUT2D eigenvalue weighted by Gasteiger charge is -2.23. The second-order valence-electron chi connectivity index (χ2n) is 3.93. The zero-order valence-corrected chi connectivity index (χ0v) is 10.7. The maximum Gasteiger partial charge on any atom is 0.304 e. The highest BCUT2D eigenvalue weighted by Crippen LogP contribution is 2.40. The minimum absolute atomic E-state index is 0.229. The molecule has 1 atom stereocenters. The summed E-state index contributed by atoms with van der Waals surface area (Å²) in [6, 6.07) is 8.44. The molecule has 0 saturated carbocycles. The molecule has 1 aromatic carbocycles. The van der Waals surface area contributed by atoms with Crippen LogP contribution in [0.25, 0.3) is 0 Å². The highest BCUT2D eigenvalue weighted by Gasteiger charge is 2.48. The van der Waals surface area contributed by atoms with Crippen LogP contribution in [-0.2, 0) is 19.9 Å². The molecule has 0 fully saturated rings. The van der Waals surface area contributed by atoms with Gasteiger partial charge in [-0.25, -0.2) is 0 Å². The molecule has 0 radical (unpaired) electrons. The van der Waals surface area contributed by atoms with Crippen molar-refractivity contribution >= 4 is 29.2 Å². The minimum atomic E-state index is -1.69. The lowest BCUT2D eigenvalue weighted by Crippen LogP contribution is -2.37. The number of rotatable bonds is 2. The molecule has 0 aromatic heterocycles. The molecule has 1 N–H and O–H groups in total. The van der Waals surface area contributed by atoms with Crippen molar-refractivity contribution in [3.05, 3.63) is 40.9 Å². The summed E-state index contributed by atoms with van der Waals surface area (Å²) in [6.07, 6.45) is 1.14. The number of nitriles is 1. The predicted molar refractivity (Wildman–Crippen MR) is 68.1 cm³/mol. The fourth-order valence-electron chi connectivity index (χ4n) is 1.96. The topological polar surface area (TPSA) is 79.2 Å². The van der Waals surface area contributed by atoms with Crippen molar-refractivity contribution in [3.8, 4) is 6.07 Å². The van der Waals surface area contributed by atoms with E-state index in [1.54, 1.807) is 30.3 Å². The lowest BCUT2D eigenvalue weighted by molar-refractivity contribution is -0.159. The smallest absolute Gasteiger partial charge is 0.304 e. The summed E-state index contributed by atoms with van der Waals surface area (Å²) in [6.45, 7) is 1.18. The van der Waals surface area contributed by atoms with E-state index in [-0.39, 0.29) is 5.03 Å². The summed E-state index contributed by atoms with van der Waals surface area (Å²) in [7, 11) is 0. The van der Waals surface area contributed by atoms with E-state index in [0.717, 1.165) is 6.08 Å². The standard InChI is InChI=1S/C13H9ClN2O3/c1-8(17)19-13(6-9(14)7-15)10-4-2-3-5-11(10)16-12(13)18/h2-6H,1H3,(H,16,18)/b9-6-. The molecule has 1 amide bonds. The van der Waals surface area contributed by atoms with E-state index in [1.807, 2.05) is 0 Å². The predicted octanol–water partition coefficient (Wildman–Crippen LogP) is 2.04. The van der Waals surface area contributed by atoms with Crippen LogP contribution in [0.2, 0.25) is 0 Å². The zero-order valence-electron chi connectivity index (χ0n) is 9.94. The van der Waals surface area contributed by atoms with Gasteiger partial charge in [0.15, 0.2) is 0 Å². The van der Waals surface area contributed by atoms with E-state index in [9.17, 15) is 9.59 Å². The number of esters is 1. The summed E-state index contributed by atoms with van der Waals surface area (Å²) in [5.41, 5.74) is -0.717. The van der Waals surface area contributed by atoms with Gasteiger partial charge in [0.05, 0.1) is 0 Å². The molecule has 1 unspecified atom stereocenters. The van der Waals surface area contributed by atoms with E-state index in [0.29, 0.717) is 11.3 Å². The first kappa shape index (κ1) is 13.1. The van der Waals surface area contributed by atoms with Crippen LogP contribution in [0, 0.1) is 11.3 Å². The van der Waals surface area contributed by atoms with Crippen molar-refractivity contribution < 1.29 is 14.3 Å². The van der Waals surface area contributed by atoms with Crippen LogP contribution >= 0.6 is 11.6 Å².